The molecule has 2 nitrogen and oxygen atoms in total. The molecule has 0 aliphatic carbocycles. The summed E-state index contributed by atoms with van der Waals surface area (Å²) in [7, 11) is 0. The van der Waals surface area contributed by atoms with E-state index in [1.165, 1.54) is 19.3 Å². The molecular formula is C17H33FN2. The second kappa shape index (κ2) is 7.22. The van der Waals surface area contributed by atoms with Crippen molar-refractivity contribution in [3.05, 3.63) is 0 Å². The summed E-state index contributed by atoms with van der Waals surface area (Å²) in [5.41, 5.74) is -0.922. The number of nitrogens with zero attached hydrogens (tertiary/aromatic N) is 2. The summed E-state index contributed by atoms with van der Waals surface area (Å²) in [6.07, 6.45) is 5.17. The molecule has 0 radical (unpaired) electrons. The van der Waals surface area contributed by atoms with Gasteiger partial charge < -0.3 is 9.80 Å². The molecule has 0 N–H and O–H groups in total. The Hall–Kier alpha value is -0.150. The van der Waals surface area contributed by atoms with E-state index in [0.29, 0.717) is 6.54 Å². The zero-order valence-electron chi connectivity index (χ0n) is 13.7. The fourth-order valence-electron chi connectivity index (χ4n) is 3.83. The quantitative estimate of drug-likeness (QED) is 0.761. The minimum atomic E-state index is -0.922. The van der Waals surface area contributed by atoms with Crippen LogP contribution >= 0.6 is 0 Å². The first-order valence-electron chi connectivity index (χ1n) is 8.66. The number of rotatable bonds is 5. The predicted molar refractivity (Wildman–Crippen MR) is 83.8 cm³/mol. The minimum Gasteiger partial charge on any atom is -0.303 e. The molecule has 2 rings (SSSR count). The van der Waals surface area contributed by atoms with Gasteiger partial charge in [0.05, 0.1) is 0 Å². The largest absolute Gasteiger partial charge is 0.303 e. The van der Waals surface area contributed by atoms with Gasteiger partial charge in [0.1, 0.15) is 5.67 Å². The van der Waals surface area contributed by atoms with Crippen LogP contribution in [0.3, 0.4) is 0 Å². The molecule has 2 saturated heterocycles. The number of likely N-dealkylation sites (tertiary alicyclic amines) is 2. The van der Waals surface area contributed by atoms with Crippen LogP contribution in [0.4, 0.5) is 4.39 Å². The van der Waals surface area contributed by atoms with Gasteiger partial charge in [-0.05, 0) is 63.6 Å². The molecule has 2 aliphatic heterocycles. The predicted octanol–water partition coefficient (Wildman–Crippen LogP) is 3.57. The van der Waals surface area contributed by atoms with Crippen molar-refractivity contribution in [3.8, 4) is 0 Å². The fraction of sp³-hybridized carbons (Fsp3) is 1.00. The lowest BCUT2D eigenvalue weighted by atomic mass is 9.85. The highest BCUT2D eigenvalue weighted by atomic mass is 19.1. The van der Waals surface area contributed by atoms with E-state index in [9.17, 15) is 4.39 Å². The van der Waals surface area contributed by atoms with Crippen molar-refractivity contribution in [1.82, 2.24) is 9.80 Å². The summed E-state index contributed by atoms with van der Waals surface area (Å²) in [6.45, 7) is 12.8. The van der Waals surface area contributed by atoms with Crippen molar-refractivity contribution in [1.29, 1.82) is 0 Å². The first-order chi connectivity index (χ1) is 9.52. The van der Waals surface area contributed by atoms with Gasteiger partial charge in [0.25, 0.3) is 0 Å². The Morgan fingerprint density at radius 3 is 2.15 bits per heavy atom. The summed E-state index contributed by atoms with van der Waals surface area (Å²) in [5, 5.41) is 0. The molecule has 0 saturated carbocycles. The maximum Gasteiger partial charge on any atom is 0.126 e. The molecule has 0 aromatic carbocycles. The fourth-order valence-corrected chi connectivity index (χ4v) is 3.83. The molecule has 0 atom stereocenters. The van der Waals surface area contributed by atoms with Crippen molar-refractivity contribution < 1.29 is 4.39 Å². The van der Waals surface area contributed by atoms with Crippen LogP contribution < -0.4 is 0 Å². The Bertz CT molecular complexity index is 277. The van der Waals surface area contributed by atoms with Crippen LogP contribution in [0.25, 0.3) is 0 Å². The molecule has 0 bridgehead atoms. The zero-order valence-corrected chi connectivity index (χ0v) is 13.7. The van der Waals surface area contributed by atoms with Crippen LogP contribution in [-0.2, 0) is 0 Å². The van der Waals surface area contributed by atoms with Crippen LogP contribution in [0.2, 0.25) is 0 Å². The van der Waals surface area contributed by atoms with Gasteiger partial charge in [0, 0.05) is 19.6 Å². The third-order valence-corrected chi connectivity index (χ3v) is 5.37. The molecule has 2 aliphatic rings. The maximum absolute atomic E-state index is 15.0. The van der Waals surface area contributed by atoms with E-state index in [1.807, 2.05) is 0 Å². The lowest BCUT2D eigenvalue weighted by Gasteiger charge is -2.41. The Morgan fingerprint density at radius 1 is 1.05 bits per heavy atom. The first-order valence-corrected chi connectivity index (χ1v) is 8.66. The molecule has 0 spiro atoms. The zero-order chi connectivity index (χ0) is 14.6. The number of halogens is 1. The third-order valence-electron chi connectivity index (χ3n) is 5.37. The Labute approximate surface area is 124 Å². The summed E-state index contributed by atoms with van der Waals surface area (Å²) in [5.74, 6) is 1.64. The van der Waals surface area contributed by atoms with Crippen LogP contribution in [0.5, 0.6) is 0 Å². The van der Waals surface area contributed by atoms with E-state index >= 15 is 0 Å². The summed E-state index contributed by atoms with van der Waals surface area (Å²) < 4.78 is 15.0. The van der Waals surface area contributed by atoms with Crippen LogP contribution in [0.1, 0.15) is 52.9 Å². The van der Waals surface area contributed by atoms with Crippen molar-refractivity contribution in [2.45, 2.75) is 58.5 Å². The smallest absolute Gasteiger partial charge is 0.126 e. The summed E-state index contributed by atoms with van der Waals surface area (Å²) >= 11 is 0. The molecule has 2 fully saturated rings. The van der Waals surface area contributed by atoms with Gasteiger partial charge in [0.15, 0.2) is 0 Å². The highest BCUT2D eigenvalue weighted by Crippen LogP contribution is 2.30. The Morgan fingerprint density at radius 2 is 1.65 bits per heavy atom. The third kappa shape index (κ3) is 4.42. The lowest BCUT2D eigenvalue weighted by Crippen LogP contribution is -2.50. The standard InChI is InChI=1S/C17H33FN2/c1-4-9-19-12-7-17(18,8-13-19)14-20-10-5-16(6-11-20)15(2)3/h15-16H,4-14H2,1-3H3. The molecule has 0 amide bonds. The van der Waals surface area contributed by atoms with Gasteiger partial charge in [0.2, 0.25) is 0 Å². The van der Waals surface area contributed by atoms with E-state index in [0.717, 1.165) is 57.4 Å². The first kappa shape index (κ1) is 16.2. The van der Waals surface area contributed by atoms with Gasteiger partial charge >= 0.3 is 0 Å². The maximum atomic E-state index is 15.0. The molecule has 0 unspecified atom stereocenters. The van der Waals surface area contributed by atoms with Gasteiger partial charge in [-0.15, -0.1) is 0 Å². The SMILES string of the molecule is CCCN1CCC(F)(CN2CCC(C(C)C)CC2)CC1. The number of alkyl halides is 1. The van der Waals surface area contributed by atoms with Crippen LogP contribution in [0.15, 0.2) is 0 Å². The number of hydrogen-bond acceptors (Lipinski definition) is 2. The van der Waals surface area contributed by atoms with E-state index in [2.05, 4.69) is 30.6 Å². The normalized spacial score (nSPS) is 26.2. The van der Waals surface area contributed by atoms with Gasteiger partial charge in [-0.3, -0.25) is 0 Å². The molecular weight excluding hydrogens is 251 g/mol. The molecule has 20 heavy (non-hydrogen) atoms. The lowest BCUT2D eigenvalue weighted by molar-refractivity contribution is 0.0127. The highest BCUT2D eigenvalue weighted by molar-refractivity contribution is 4.90. The van der Waals surface area contributed by atoms with E-state index < -0.39 is 5.67 Å². The van der Waals surface area contributed by atoms with E-state index in [-0.39, 0.29) is 0 Å². The average Bonchev–Trinajstić information content (AvgIpc) is 2.42. The van der Waals surface area contributed by atoms with Gasteiger partial charge in [-0.1, -0.05) is 20.8 Å². The number of hydrogen-bond donors (Lipinski definition) is 0. The van der Waals surface area contributed by atoms with Crippen LogP contribution in [0, 0.1) is 11.8 Å². The molecule has 3 heteroatoms. The second-order valence-electron chi connectivity index (χ2n) is 7.35. The topological polar surface area (TPSA) is 6.48 Å². The Kier molecular flexibility index (Phi) is 5.85. The second-order valence-corrected chi connectivity index (χ2v) is 7.35. The van der Waals surface area contributed by atoms with Crippen LogP contribution in [-0.4, -0.2) is 54.7 Å². The molecule has 0 aromatic heterocycles. The van der Waals surface area contributed by atoms with Crippen molar-refractivity contribution in [3.63, 3.8) is 0 Å². The molecule has 0 aromatic rings. The average molecular weight is 284 g/mol. The van der Waals surface area contributed by atoms with E-state index in [4.69, 9.17) is 0 Å². The molecule has 118 valence electrons. The summed E-state index contributed by atoms with van der Waals surface area (Å²) in [6, 6.07) is 0. The van der Waals surface area contributed by atoms with E-state index in [1.54, 1.807) is 0 Å². The van der Waals surface area contributed by atoms with Gasteiger partial charge in [-0.2, -0.15) is 0 Å². The van der Waals surface area contributed by atoms with Crippen molar-refractivity contribution >= 4 is 0 Å². The number of piperidine rings is 2. The minimum absolute atomic E-state index is 0.678. The van der Waals surface area contributed by atoms with Crippen molar-refractivity contribution in [2.24, 2.45) is 11.8 Å². The van der Waals surface area contributed by atoms with Gasteiger partial charge in [-0.25, -0.2) is 4.39 Å². The Balaban J connectivity index is 1.74. The molecule has 2 heterocycles. The highest BCUT2D eigenvalue weighted by Gasteiger charge is 2.36. The van der Waals surface area contributed by atoms with Crippen molar-refractivity contribution in [2.75, 3.05) is 39.3 Å². The monoisotopic (exact) mass is 284 g/mol. The summed E-state index contributed by atoms with van der Waals surface area (Å²) in [4.78, 5) is 4.80.